The Balaban J connectivity index is 1.73. The molecule has 0 aromatic rings. The molecule has 1 unspecified atom stereocenters. The largest absolute Gasteiger partial charge is 0.377 e. The van der Waals surface area contributed by atoms with Crippen LogP contribution in [-0.4, -0.2) is 43.3 Å². The van der Waals surface area contributed by atoms with E-state index in [4.69, 9.17) is 10.5 Å². The minimum Gasteiger partial charge on any atom is -0.377 e. The number of hydrogen-bond acceptors (Lipinski definition) is 3. The van der Waals surface area contributed by atoms with Crippen LogP contribution in [0.15, 0.2) is 0 Å². The molecule has 76 valence electrons. The van der Waals surface area contributed by atoms with Crippen molar-refractivity contribution in [3.63, 3.8) is 0 Å². The van der Waals surface area contributed by atoms with Gasteiger partial charge >= 0.3 is 0 Å². The molecule has 2 aliphatic rings. The van der Waals surface area contributed by atoms with E-state index < -0.39 is 0 Å². The van der Waals surface area contributed by atoms with E-state index in [-0.39, 0.29) is 0 Å². The Hall–Kier alpha value is -0.120. The molecule has 2 rings (SSSR count). The van der Waals surface area contributed by atoms with E-state index in [1.54, 1.807) is 0 Å². The van der Waals surface area contributed by atoms with Crippen LogP contribution in [0.25, 0.3) is 0 Å². The summed E-state index contributed by atoms with van der Waals surface area (Å²) in [6.45, 7) is 4.35. The summed E-state index contributed by atoms with van der Waals surface area (Å²) in [4.78, 5) is 2.46. The predicted molar refractivity (Wildman–Crippen MR) is 52.6 cm³/mol. The second kappa shape index (κ2) is 4.40. The van der Waals surface area contributed by atoms with Crippen molar-refractivity contribution >= 4 is 0 Å². The summed E-state index contributed by atoms with van der Waals surface area (Å²) >= 11 is 0. The average molecular weight is 184 g/mol. The van der Waals surface area contributed by atoms with Gasteiger partial charge in [0.1, 0.15) is 0 Å². The molecule has 3 nitrogen and oxygen atoms in total. The molecule has 2 fully saturated rings. The Morgan fingerprint density at radius 2 is 2.23 bits per heavy atom. The van der Waals surface area contributed by atoms with Gasteiger partial charge in [-0.1, -0.05) is 0 Å². The first-order valence-electron chi connectivity index (χ1n) is 5.44. The normalized spacial score (nSPS) is 36.7. The summed E-state index contributed by atoms with van der Waals surface area (Å²) in [5, 5.41) is 0. The lowest BCUT2D eigenvalue weighted by Crippen LogP contribution is -2.45. The van der Waals surface area contributed by atoms with Crippen LogP contribution >= 0.6 is 0 Å². The van der Waals surface area contributed by atoms with Gasteiger partial charge in [0.15, 0.2) is 0 Å². The van der Waals surface area contributed by atoms with Crippen molar-refractivity contribution in [3.05, 3.63) is 0 Å². The van der Waals surface area contributed by atoms with Gasteiger partial charge in [0, 0.05) is 25.7 Å². The molecule has 2 atom stereocenters. The van der Waals surface area contributed by atoms with Crippen LogP contribution in [0.5, 0.6) is 0 Å². The molecule has 0 bridgehead atoms. The van der Waals surface area contributed by atoms with Gasteiger partial charge in [-0.3, -0.25) is 4.90 Å². The fourth-order valence-corrected chi connectivity index (χ4v) is 2.33. The highest BCUT2D eigenvalue weighted by atomic mass is 16.5. The third-order valence-corrected chi connectivity index (χ3v) is 3.03. The number of nitrogens with two attached hydrogens (primary N) is 1. The Morgan fingerprint density at radius 1 is 1.31 bits per heavy atom. The van der Waals surface area contributed by atoms with E-state index in [0.29, 0.717) is 12.1 Å². The van der Waals surface area contributed by atoms with Crippen LogP contribution in [0.1, 0.15) is 25.7 Å². The smallest absolute Gasteiger partial charge is 0.0702 e. The van der Waals surface area contributed by atoms with Crippen LogP contribution in [0.4, 0.5) is 0 Å². The lowest BCUT2D eigenvalue weighted by Gasteiger charge is -2.32. The van der Waals surface area contributed by atoms with Crippen molar-refractivity contribution in [1.82, 2.24) is 4.90 Å². The zero-order valence-electron chi connectivity index (χ0n) is 8.24. The molecule has 0 aromatic carbocycles. The van der Waals surface area contributed by atoms with Crippen LogP contribution < -0.4 is 5.73 Å². The monoisotopic (exact) mass is 184 g/mol. The maximum absolute atomic E-state index is 5.92. The first-order chi connectivity index (χ1) is 6.34. The van der Waals surface area contributed by atoms with Gasteiger partial charge < -0.3 is 10.5 Å². The van der Waals surface area contributed by atoms with Gasteiger partial charge in [-0.25, -0.2) is 0 Å². The quantitative estimate of drug-likeness (QED) is 0.682. The van der Waals surface area contributed by atoms with Crippen LogP contribution in [0.3, 0.4) is 0 Å². The molecule has 0 amide bonds. The number of rotatable bonds is 2. The van der Waals surface area contributed by atoms with Gasteiger partial charge in [0.05, 0.1) is 6.10 Å². The van der Waals surface area contributed by atoms with Gasteiger partial charge in [-0.05, 0) is 32.2 Å². The summed E-state index contributed by atoms with van der Waals surface area (Å²) < 4.78 is 5.61. The Morgan fingerprint density at radius 3 is 2.92 bits per heavy atom. The molecule has 13 heavy (non-hydrogen) atoms. The topological polar surface area (TPSA) is 38.5 Å². The SMILES string of the molecule is N[C@H]1CCCN(CC2CCCO2)C1. The number of likely N-dealkylation sites (tertiary alicyclic amines) is 1. The van der Waals surface area contributed by atoms with Gasteiger partial charge in [0.2, 0.25) is 0 Å². The highest BCUT2D eigenvalue weighted by Gasteiger charge is 2.22. The van der Waals surface area contributed by atoms with Gasteiger partial charge in [-0.15, -0.1) is 0 Å². The third-order valence-electron chi connectivity index (χ3n) is 3.03. The average Bonchev–Trinajstić information content (AvgIpc) is 2.57. The molecular formula is C10H20N2O. The highest BCUT2D eigenvalue weighted by Crippen LogP contribution is 2.16. The van der Waals surface area contributed by atoms with Crippen molar-refractivity contribution in [3.8, 4) is 0 Å². The molecule has 2 N–H and O–H groups in total. The van der Waals surface area contributed by atoms with E-state index in [1.165, 1.54) is 32.2 Å². The standard InChI is InChI=1S/C10H20N2O/c11-9-3-1-5-12(7-9)8-10-4-2-6-13-10/h9-10H,1-8,11H2/t9-,10?/m0/s1. The minimum atomic E-state index is 0.398. The lowest BCUT2D eigenvalue weighted by molar-refractivity contribution is 0.0637. The zero-order chi connectivity index (χ0) is 9.10. The molecule has 2 saturated heterocycles. The molecule has 3 heteroatoms. The molecule has 0 aromatic heterocycles. The van der Waals surface area contributed by atoms with E-state index in [0.717, 1.165) is 19.7 Å². The zero-order valence-corrected chi connectivity index (χ0v) is 8.24. The van der Waals surface area contributed by atoms with Crippen LogP contribution in [-0.2, 0) is 4.74 Å². The fourth-order valence-electron chi connectivity index (χ4n) is 2.33. The van der Waals surface area contributed by atoms with Gasteiger partial charge in [0.25, 0.3) is 0 Å². The van der Waals surface area contributed by atoms with Crippen molar-refractivity contribution < 1.29 is 4.74 Å². The van der Waals surface area contributed by atoms with Crippen molar-refractivity contribution in [1.29, 1.82) is 0 Å². The van der Waals surface area contributed by atoms with E-state index in [9.17, 15) is 0 Å². The molecule has 0 radical (unpaired) electrons. The molecular weight excluding hydrogens is 164 g/mol. The fraction of sp³-hybridized carbons (Fsp3) is 1.00. The molecule has 2 aliphatic heterocycles. The van der Waals surface area contributed by atoms with E-state index in [2.05, 4.69) is 4.90 Å². The van der Waals surface area contributed by atoms with Crippen molar-refractivity contribution in [2.24, 2.45) is 5.73 Å². The third kappa shape index (κ3) is 2.66. The van der Waals surface area contributed by atoms with Crippen molar-refractivity contribution in [2.75, 3.05) is 26.2 Å². The Kier molecular flexibility index (Phi) is 3.19. The van der Waals surface area contributed by atoms with Crippen LogP contribution in [0.2, 0.25) is 0 Å². The number of piperidine rings is 1. The lowest BCUT2D eigenvalue weighted by atomic mass is 10.1. The predicted octanol–water partition coefficient (Wildman–Crippen LogP) is 0.588. The summed E-state index contributed by atoms with van der Waals surface area (Å²) in [5.41, 5.74) is 5.92. The summed E-state index contributed by atoms with van der Waals surface area (Å²) in [6, 6.07) is 0.398. The Labute approximate surface area is 80.2 Å². The number of hydrogen-bond donors (Lipinski definition) is 1. The summed E-state index contributed by atoms with van der Waals surface area (Å²) in [6.07, 6.45) is 5.43. The molecule has 0 spiro atoms. The summed E-state index contributed by atoms with van der Waals surface area (Å²) in [5.74, 6) is 0. The van der Waals surface area contributed by atoms with Crippen molar-refractivity contribution in [2.45, 2.75) is 37.8 Å². The minimum absolute atomic E-state index is 0.398. The number of nitrogens with zero attached hydrogens (tertiary/aromatic N) is 1. The Bertz CT molecular complexity index is 157. The van der Waals surface area contributed by atoms with Crippen LogP contribution in [0, 0.1) is 0 Å². The molecule has 0 saturated carbocycles. The van der Waals surface area contributed by atoms with Gasteiger partial charge in [-0.2, -0.15) is 0 Å². The molecule has 2 heterocycles. The van der Waals surface area contributed by atoms with E-state index in [1.807, 2.05) is 0 Å². The first-order valence-corrected chi connectivity index (χ1v) is 5.44. The number of ether oxygens (including phenoxy) is 1. The highest BCUT2D eigenvalue weighted by molar-refractivity contribution is 4.78. The second-order valence-corrected chi connectivity index (χ2v) is 4.30. The maximum Gasteiger partial charge on any atom is 0.0702 e. The first kappa shape index (κ1) is 9.44. The molecule has 0 aliphatic carbocycles. The maximum atomic E-state index is 5.92. The second-order valence-electron chi connectivity index (χ2n) is 4.30. The van der Waals surface area contributed by atoms with E-state index >= 15 is 0 Å². The summed E-state index contributed by atoms with van der Waals surface area (Å²) in [7, 11) is 0.